The van der Waals surface area contributed by atoms with E-state index in [1.165, 1.54) is 0 Å². The molecule has 0 aromatic carbocycles. The van der Waals surface area contributed by atoms with Crippen LogP contribution in [0.3, 0.4) is 0 Å². The van der Waals surface area contributed by atoms with E-state index in [0.717, 1.165) is 31.2 Å². The van der Waals surface area contributed by atoms with Crippen LogP contribution < -0.4 is 5.73 Å². The van der Waals surface area contributed by atoms with Crippen LogP contribution in [0.25, 0.3) is 0 Å². The SMILES string of the molecule is C=CCN(Cc1ccsc1)C(=O)C1(N)CCCC1. The third kappa shape index (κ3) is 2.82. The van der Waals surface area contributed by atoms with Gasteiger partial charge in [-0.2, -0.15) is 11.3 Å². The predicted molar refractivity (Wildman–Crippen MR) is 75.3 cm³/mol. The molecule has 0 radical (unpaired) electrons. The van der Waals surface area contributed by atoms with Crippen molar-refractivity contribution in [3.63, 3.8) is 0 Å². The fraction of sp³-hybridized carbons (Fsp3) is 0.500. The summed E-state index contributed by atoms with van der Waals surface area (Å²) in [5.41, 5.74) is 6.76. The lowest BCUT2D eigenvalue weighted by molar-refractivity contribution is -0.136. The van der Waals surface area contributed by atoms with Gasteiger partial charge in [0.1, 0.15) is 0 Å². The summed E-state index contributed by atoms with van der Waals surface area (Å²) in [6, 6.07) is 2.05. The molecule has 98 valence electrons. The van der Waals surface area contributed by atoms with Crippen LogP contribution in [0.1, 0.15) is 31.2 Å². The maximum atomic E-state index is 12.5. The molecule has 1 aliphatic rings. The Morgan fingerprint density at radius 3 is 2.83 bits per heavy atom. The zero-order chi connectivity index (χ0) is 13.0. The van der Waals surface area contributed by atoms with E-state index in [9.17, 15) is 4.79 Å². The van der Waals surface area contributed by atoms with Crippen LogP contribution in [-0.4, -0.2) is 22.9 Å². The van der Waals surface area contributed by atoms with Crippen LogP contribution in [-0.2, 0) is 11.3 Å². The first-order valence-electron chi connectivity index (χ1n) is 6.36. The summed E-state index contributed by atoms with van der Waals surface area (Å²) in [6.45, 7) is 4.92. The van der Waals surface area contributed by atoms with Gasteiger partial charge in [-0.15, -0.1) is 6.58 Å². The smallest absolute Gasteiger partial charge is 0.243 e. The summed E-state index contributed by atoms with van der Waals surface area (Å²) in [5.74, 6) is 0.0751. The van der Waals surface area contributed by atoms with Crippen molar-refractivity contribution in [2.24, 2.45) is 5.73 Å². The average molecular weight is 264 g/mol. The summed E-state index contributed by atoms with van der Waals surface area (Å²) < 4.78 is 0. The third-order valence-electron chi connectivity index (χ3n) is 3.51. The van der Waals surface area contributed by atoms with Crippen LogP contribution in [0.15, 0.2) is 29.5 Å². The van der Waals surface area contributed by atoms with Crippen molar-refractivity contribution in [1.29, 1.82) is 0 Å². The summed E-state index contributed by atoms with van der Waals surface area (Å²) in [7, 11) is 0. The number of nitrogens with zero attached hydrogens (tertiary/aromatic N) is 1. The number of thiophene rings is 1. The van der Waals surface area contributed by atoms with Crippen LogP contribution in [0.2, 0.25) is 0 Å². The lowest BCUT2D eigenvalue weighted by Gasteiger charge is -2.30. The van der Waals surface area contributed by atoms with Crippen LogP contribution in [0.4, 0.5) is 0 Å². The Bertz CT molecular complexity index is 407. The fourth-order valence-corrected chi connectivity index (χ4v) is 3.17. The second-order valence-electron chi connectivity index (χ2n) is 4.97. The van der Waals surface area contributed by atoms with Gasteiger partial charge in [0.15, 0.2) is 0 Å². The topological polar surface area (TPSA) is 46.3 Å². The van der Waals surface area contributed by atoms with E-state index >= 15 is 0 Å². The number of carbonyl (C=O) groups is 1. The van der Waals surface area contributed by atoms with Crippen molar-refractivity contribution < 1.29 is 4.79 Å². The van der Waals surface area contributed by atoms with Gasteiger partial charge in [0.05, 0.1) is 5.54 Å². The van der Waals surface area contributed by atoms with Crippen molar-refractivity contribution in [3.05, 3.63) is 35.0 Å². The molecule has 18 heavy (non-hydrogen) atoms. The highest BCUT2D eigenvalue weighted by Crippen LogP contribution is 2.29. The number of rotatable bonds is 5. The number of carbonyl (C=O) groups excluding carboxylic acids is 1. The molecule has 0 saturated heterocycles. The summed E-state index contributed by atoms with van der Waals surface area (Å²) in [6.07, 6.45) is 5.50. The minimum absolute atomic E-state index is 0.0751. The van der Waals surface area contributed by atoms with Crippen molar-refractivity contribution in [1.82, 2.24) is 4.90 Å². The zero-order valence-electron chi connectivity index (χ0n) is 10.6. The zero-order valence-corrected chi connectivity index (χ0v) is 11.4. The first kappa shape index (κ1) is 13.3. The maximum Gasteiger partial charge on any atom is 0.243 e. The van der Waals surface area contributed by atoms with E-state index in [4.69, 9.17) is 5.73 Å². The van der Waals surface area contributed by atoms with E-state index in [1.54, 1.807) is 17.4 Å². The molecular weight excluding hydrogens is 244 g/mol. The highest BCUT2D eigenvalue weighted by atomic mass is 32.1. The van der Waals surface area contributed by atoms with Crippen molar-refractivity contribution >= 4 is 17.2 Å². The van der Waals surface area contributed by atoms with E-state index in [1.807, 2.05) is 16.3 Å². The largest absolute Gasteiger partial charge is 0.333 e. The number of nitrogens with two attached hydrogens (primary N) is 1. The second-order valence-corrected chi connectivity index (χ2v) is 5.75. The Balaban J connectivity index is 2.09. The minimum Gasteiger partial charge on any atom is -0.333 e. The Morgan fingerprint density at radius 1 is 1.56 bits per heavy atom. The van der Waals surface area contributed by atoms with Gasteiger partial charge in [-0.3, -0.25) is 4.79 Å². The average Bonchev–Trinajstić information content (AvgIpc) is 3.00. The Labute approximate surface area is 112 Å². The van der Waals surface area contributed by atoms with E-state index in [2.05, 4.69) is 12.0 Å². The van der Waals surface area contributed by atoms with Gasteiger partial charge in [0, 0.05) is 13.1 Å². The van der Waals surface area contributed by atoms with Crippen molar-refractivity contribution in [2.75, 3.05) is 6.54 Å². The summed E-state index contributed by atoms with van der Waals surface area (Å²) >= 11 is 1.65. The second kappa shape index (κ2) is 5.67. The standard InChI is InChI=1S/C14H20N2OS/c1-2-8-16(10-12-5-9-18-11-12)13(17)14(15)6-3-4-7-14/h2,5,9,11H,1,3-4,6-8,10,15H2. The van der Waals surface area contributed by atoms with E-state index < -0.39 is 5.54 Å². The molecule has 0 spiro atoms. The van der Waals surface area contributed by atoms with Crippen LogP contribution >= 0.6 is 11.3 Å². The molecule has 0 atom stereocenters. The first-order valence-corrected chi connectivity index (χ1v) is 7.30. The molecule has 0 unspecified atom stereocenters. The Hall–Kier alpha value is -1.13. The van der Waals surface area contributed by atoms with Gasteiger partial charge in [0.2, 0.25) is 5.91 Å². The van der Waals surface area contributed by atoms with Gasteiger partial charge in [0.25, 0.3) is 0 Å². The van der Waals surface area contributed by atoms with E-state index in [-0.39, 0.29) is 5.91 Å². The molecule has 2 rings (SSSR count). The highest BCUT2D eigenvalue weighted by molar-refractivity contribution is 7.07. The summed E-state index contributed by atoms with van der Waals surface area (Å²) in [5, 5.41) is 4.10. The molecular formula is C14H20N2OS. The summed E-state index contributed by atoms with van der Waals surface area (Å²) in [4.78, 5) is 14.4. The number of amides is 1. The van der Waals surface area contributed by atoms with E-state index in [0.29, 0.717) is 13.1 Å². The first-order chi connectivity index (χ1) is 8.65. The van der Waals surface area contributed by atoms with Gasteiger partial charge >= 0.3 is 0 Å². The molecule has 1 saturated carbocycles. The Kier molecular flexibility index (Phi) is 4.19. The quantitative estimate of drug-likeness (QED) is 0.831. The van der Waals surface area contributed by atoms with Gasteiger partial charge in [-0.1, -0.05) is 18.9 Å². The predicted octanol–water partition coefficient (Wildman–Crippen LogP) is 2.53. The molecule has 1 heterocycles. The van der Waals surface area contributed by atoms with Gasteiger partial charge in [-0.25, -0.2) is 0 Å². The van der Waals surface area contributed by atoms with Crippen molar-refractivity contribution in [2.45, 2.75) is 37.8 Å². The Morgan fingerprint density at radius 2 is 2.28 bits per heavy atom. The van der Waals surface area contributed by atoms with Crippen molar-refractivity contribution in [3.8, 4) is 0 Å². The molecule has 0 bridgehead atoms. The molecule has 4 heteroatoms. The lowest BCUT2D eigenvalue weighted by Crippen LogP contribution is -2.53. The molecule has 3 nitrogen and oxygen atoms in total. The van der Waals surface area contributed by atoms with Crippen LogP contribution in [0, 0.1) is 0 Å². The molecule has 1 aromatic heterocycles. The lowest BCUT2D eigenvalue weighted by atomic mass is 9.97. The minimum atomic E-state index is -0.640. The molecule has 1 fully saturated rings. The highest BCUT2D eigenvalue weighted by Gasteiger charge is 2.39. The maximum absolute atomic E-state index is 12.5. The molecule has 1 amide bonds. The normalized spacial score (nSPS) is 17.6. The molecule has 2 N–H and O–H groups in total. The third-order valence-corrected chi connectivity index (χ3v) is 4.24. The monoisotopic (exact) mass is 264 g/mol. The molecule has 1 aromatic rings. The molecule has 1 aliphatic carbocycles. The number of hydrogen-bond donors (Lipinski definition) is 1. The fourth-order valence-electron chi connectivity index (χ4n) is 2.51. The van der Waals surface area contributed by atoms with Gasteiger partial charge in [-0.05, 0) is 35.2 Å². The number of hydrogen-bond acceptors (Lipinski definition) is 3. The van der Waals surface area contributed by atoms with Crippen LogP contribution in [0.5, 0.6) is 0 Å². The van der Waals surface area contributed by atoms with Gasteiger partial charge < -0.3 is 10.6 Å². The molecule has 0 aliphatic heterocycles.